The molecule has 2 aromatic carbocycles. The highest BCUT2D eigenvalue weighted by Gasteiger charge is 2.24. The lowest BCUT2D eigenvalue weighted by Crippen LogP contribution is -2.35. The molecule has 0 radical (unpaired) electrons. The summed E-state index contributed by atoms with van der Waals surface area (Å²) in [5, 5.41) is 7.19. The van der Waals surface area contributed by atoms with Gasteiger partial charge in [0, 0.05) is 11.6 Å². The summed E-state index contributed by atoms with van der Waals surface area (Å²) in [6.07, 6.45) is 2.35. The minimum atomic E-state index is -0.428. The van der Waals surface area contributed by atoms with Gasteiger partial charge >= 0.3 is 0 Å². The lowest BCUT2D eigenvalue weighted by molar-refractivity contribution is 0.0931. The van der Waals surface area contributed by atoms with Crippen molar-refractivity contribution >= 4 is 27.7 Å². The number of hydrogen-bond acceptors (Lipinski definition) is 6. The van der Waals surface area contributed by atoms with Crippen LogP contribution in [0.4, 0.5) is 0 Å². The van der Waals surface area contributed by atoms with Crippen molar-refractivity contribution in [3.63, 3.8) is 0 Å². The molecule has 0 saturated heterocycles. The van der Waals surface area contributed by atoms with Crippen LogP contribution in [0.2, 0.25) is 0 Å². The maximum absolute atomic E-state index is 13.7. The smallest absolute Gasteiger partial charge is 0.264 e. The summed E-state index contributed by atoms with van der Waals surface area (Å²) < 4.78 is 6.07. The highest BCUT2D eigenvalue weighted by Crippen LogP contribution is 2.23. The van der Waals surface area contributed by atoms with Gasteiger partial charge in [-0.2, -0.15) is 4.37 Å². The zero-order valence-electron chi connectivity index (χ0n) is 22.9. The molecule has 200 valence electrons. The van der Waals surface area contributed by atoms with Crippen LogP contribution in [0.15, 0.2) is 53.3 Å². The van der Waals surface area contributed by atoms with Crippen LogP contribution in [0.3, 0.4) is 0 Å². The number of fused-ring (bicyclic) bond motifs is 1. The zero-order valence-corrected chi connectivity index (χ0v) is 23.7. The lowest BCUT2D eigenvalue weighted by Gasteiger charge is -2.22. The SMILES string of the molecule is CCC(NC(=O)c1ccc(C)cc1CCCNC(C)C)c1nc2snc(C)c2c(=O)n1Cc1ccccc1. The first-order chi connectivity index (χ1) is 18.3. The Morgan fingerprint density at radius 3 is 2.58 bits per heavy atom. The number of carbonyl (C=O) groups is 1. The number of carbonyl (C=O) groups excluding carboxylic acids is 1. The van der Waals surface area contributed by atoms with Gasteiger partial charge in [-0.15, -0.1) is 0 Å². The third-order valence-corrected chi connectivity index (χ3v) is 7.52. The number of nitrogens with zero attached hydrogens (tertiary/aromatic N) is 3. The van der Waals surface area contributed by atoms with Gasteiger partial charge in [-0.05, 0) is 68.4 Å². The van der Waals surface area contributed by atoms with E-state index in [1.165, 1.54) is 11.5 Å². The first kappa shape index (κ1) is 27.7. The summed E-state index contributed by atoms with van der Waals surface area (Å²) in [6.45, 7) is 11.4. The van der Waals surface area contributed by atoms with Gasteiger partial charge in [0.15, 0.2) is 4.83 Å². The van der Waals surface area contributed by atoms with Crippen LogP contribution in [0, 0.1) is 13.8 Å². The topological polar surface area (TPSA) is 88.9 Å². The van der Waals surface area contributed by atoms with E-state index in [0.717, 1.165) is 36.1 Å². The molecular weight excluding hydrogens is 494 g/mol. The standard InChI is InChI=1S/C30H37N5O2S/c1-6-25(32-28(36)24-15-14-20(4)17-23(24)13-10-16-31-19(2)3)27-33-29-26(21(5)34-38-29)30(37)35(27)18-22-11-8-7-9-12-22/h7-9,11-12,14-15,17,19,25,31H,6,10,13,16,18H2,1-5H3,(H,32,36). The second-order valence-corrected chi connectivity index (χ2v) is 10.9. The van der Waals surface area contributed by atoms with Crippen LogP contribution >= 0.6 is 11.5 Å². The molecule has 38 heavy (non-hydrogen) atoms. The van der Waals surface area contributed by atoms with E-state index in [9.17, 15) is 9.59 Å². The molecule has 0 aliphatic rings. The van der Waals surface area contributed by atoms with Crippen molar-refractivity contribution in [2.75, 3.05) is 6.54 Å². The molecule has 0 saturated carbocycles. The van der Waals surface area contributed by atoms with Crippen molar-refractivity contribution < 1.29 is 4.79 Å². The molecule has 2 N–H and O–H groups in total. The molecule has 0 fully saturated rings. The minimum absolute atomic E-state index is 0.124. The first-order valence-corrected chi connectivity index (χ1v) is 14.1. The summed E-state index contributed by atoms with van der Waals surface area (Å²) >= 11 is 1.22. The summed E-state index contributed by atoms with van der Waals surface area (Å²) in [5.41, 5.74) is 4.39. The minimum Gasteiger partial charge on any atom is -0.342 e. The maximum Gasteiger partial charge on any atom is 0.264 e. The number of nitrogens with one attached hydrogen (secondary N) is 2. The van der Waals surface area contributed by atoms with Crippen molar-refractivity contribution in [3.05, 3.63) is 92.7 Å². The van der Waals surface area contributed by atoms with Gasteiger partial charge in [0.25, 0.3) is 11.5 Å². The fourth-order valence-corrected chi connectivity index (χ4v) is 5.45. The molecule has 8 heteroatoms. The Labute approximate surface area is 228 Å². The van der Waals surface area contributed by atoms with Gasteiger partial charge in [-0.3, -0.25) is 14.2 Å². The first-order valence-electron chi connectivity index (χ1n) is 13.3. The van der Waals surface area contributed by atoms with Gasteiger partial charge in [-0.25, -0.2) is 4.98 Å². The maximum atomic E-state index is 13.7. The summed E-state index contributed by atoms with van der Waals surface area (Å²) in [6, 6.07) is 15.8. The van der Waals surface area contributed by atoms with E-state index in [2.05, 4.69) is 34.9 Å². The van der Waals surface area contributed by atoms with Crippen molar-refractivity contribution in [1.29, 1.82) is 0 Å². The third kappa shape index (κ3) is 6.37. The Bertz CT molecular complexity index is 1460. The van der Waals surface area contributed by atoms with Crippen LogP contribution in [-0.2, 0) is 13.0 Å². The van der Waals surface area contributed by atoms with E-state index >= 15 is 0 Å². The lowest BCUT2D eigenvalue weighted by atomic mass is 9.99. The molecule has 0 aliphatic heterocycles. The van der Waals surface area contributed by atoms with Gasteiger partial charge in [0.2, 0.25) is 0 Å². The Morgan fingerprint density at radius 1 is 1.11 bits per heavy atom. The van der Waals surface area contributed by atoms with Crippen LogP contribution in [0.1, 0.15) is 78.2 Å². The monoisotopic (exact) mass is 531 g/mol. The quantitative estimate of drug-likeness (QED) is 0.255. The van der Waals surface area contributed by atoms with Crippen molar-refractivity contribution in [2.45, 2.75) is 72.5 Å². The Kier molecular flexibility index (Phi) is 9.07. The highest BCUT2D eigenvalue weighted by molar-refractivity contribution is 7.12. The van der Waals surface area contributed by atoms with E-state index in [-0.39, 0.29) is 11.5 Å². The molecule has 2 aromatic heterocycles. The normalized spacial score (nSPS) is 12.3. The number of amides is 1. The van der Waals surface area contributed by atoms with Crippen molar-refractivity contribution in [3.8, 4) is 0 Å². The highest BCUT2D eigenvalue weighted by atomic mass is 32.1. The van der Waals surface area contributed by atoms with Crippen molar-refractivity contribution in [2.24, 2.45) is 0 Å². The van der Waals surface area contributed by atoms with Gasteiger partial charge in [-0.1, -0.05) is 68.8 Å². The molecule has 1 amide bonds. The van der Waals surface area contributed by atoms with E-state index in [1.54, 1.807) is 4.57 Å². The van der Waals surface area contributed by atoms with E-state index < -0.39 is 6.04 Å². The molecular formula is C30H37N5O2S. The van der Waals surface area contributed by atoms with Gasteiger partial charge < -0.3 is 10.6 Å². The molecule has 4 rings (SSSR count). The molecule has 0 bridgehead atoms. The molecule has 4 aromatic rings. The zero-order chi connectivity index (χ0) is 27.2. The number of hydrogen-bond donors (Lipinski definition) is 2. The fraction of sp³-hybridized carbons (Fsp3) is 0.400. The average molecular weight is 532 g/mol. The summed E-state index contributed by atoms with van der Waals surface area (Å²) in [5.74, 6) is 0.408. The molecule has 0 spiro atoms. The average Bonchev–Trinajstić information content (AvgIpc) is 3.27. The molecule has 7 nitrogen and oxygen atoms in total. The second-order valence-electron chi connectivity index (χ2n) is 10.1. The van der Waals surface area contributed by atoms with E-state index in [0.29, 0.717) is 46.3 Å². The van der Waals surface area contributed by atoms with Gasteiger partial charge in [0.05, 0.1) is 23.7 Å². The van der Waals surface area contributed by atoms with Gasteiger partial charge in [0.1, 0.15) is 5.82 Å². The predicted octanol–water partition coefficient (Wildman–Crippen LogP) is 5.33. The van der Waals surface area contributed by atoms with E-state index in [4.69, 9.17) is 4.98 Å². The number of benzene rings is 2. The molecule has 0 aliphatic carbocycles. The Balaban J connectivity index is 1.67. The largest absolute Gasteiger partial charge is 0.342 e. The molecule has 2 heterocycles. The summed E-state index contributed by atoms with van der Waals surface area (Å²) in [7, 11) is 0. The van der Waals surface area contributed by atoms with Crippen LogP contribution < -0.4 is 16.2 Å². The predicted molar refractivity (Wildman–Crippen MR) is 155 cm³/mol. The number of rotatable bonds is 11. The number of aryl methyl sites for hydroxylation is 3. The van der Waals surface area contributed by atoms with Crippen LogP contribution in [0.25, 0.3) is 10.2 Å². The van der Waals surface area contributed by atoms with Crippen LogP contribution in [-0.4, -0.2) is 32.4 Å². The van der Waals surface area contributed by atoms with Crippen molar-refractivity contribution in [1.82, 2.24) is 24.6 Å². The summed E-state index contributed by atoms with van der Waals surface area (Å²) in [4.78, 5) is 32.8. The molecule has 1 atom stereocenters. The second kappa shape index (κ2) is 12.5. The third-order valence-electron chi connectivity index (χ3n) is 6.69. The number of aromatic nitrogens is 3. The molecule has 1 unspecified atom stereocenters. The fourth-order valence-electron chi connectivity index (χ4n) is 4.67. The van der Waals surface area contributed by atoms with E-state index in [1.807, 2.05) is 63.2 Å². The Morgan fingerprint density at radius 2 is 1.87 bits per heavy atom. The Hall–Kier alpha value is -3.36. The van der Waals surface area contributed by atoms with Crippen LogP contribution in [0.5, 0.6) is 0 Å².